The Morgan fingerprint density at radius 3 is 2.14 bits per heavy atom. The van der Waals surface area contributed by atoms with Gasteiger partial charge in [0.05, 0.1) is 30.8 Å². The quantitative estimate of drug-likeness (QED) is 0.162. The monoisotopic (exact) mass is 737 g/mol. The highest BCUT2D eigenvalue weighted by Gasteiger charge is 2.30. The zero-order valence-corrected chi connectivity index (χ0v) is 31.2. The van der Waals surface area contributed by atoms with E-state index in [-0.39, 0.29) is 42.3 Å². The average Bonchev–Trinajstić information content (AvgIpc) is 3.46. The van der Waals surface area contributed by atoms with E-state index in [0.29, 0.717) is 0 Å². The normalized spacial score (nSPS) is 13.4. The fraction of sp³-hybridized carbons (Fsp3) is 0.576. The van der Waals surface area contributed by atoms with Crippen molar-refractivity contribution < 1.29 is 45.9 Å². The summed E-state index contributed by atoms with van der Waals surface area (Å²) in [6.07, 6.45) is -0.971. The van der Waals surface area contributed by atoms with Gasteiger partial charge in [-0.3, -0.25) is 18.1 Å². The molecule has 1 aromatic carbocycles. The maximum Gasteiger partial charge on any atom is 0.509 e. The molecule has 0 fully saturated rings. The molecule has 51 heavy (non-hydrogen) atoms. The van der Waals surface area contributed by atoms with Crippen LogP contribution in [0, 0.1) is 13.8 Å². The van der Waals surface area contributed by atoms with E-state index < -0.39 is 70.4 Å². The molecule has 0 saturated carbocycles. The van der Waals surface area contributed by atoms with Gasteiger partial charge < -0.3 is 23.7 Å². The molecule has 2 aromatic heterocycles. The molecule has 2 heterocycles. The first-order chi connectivity index (χ1) is 23.7. The van der Waals surface area contributed by atoms with E-state index in [1.54, 1.807) is 60.6 Å². The Bertz CT molecular complexity index is 1870. The van der Waals surface area contributed by atoms with Crippen LogP contribution >= 0.6 is 0 Å². The molecule has 17 nitrogen and oxygen atoms in total. The Kier molecular flexibility index (Phi) is 13.7. The van der Waals surface area contributed by atoms with Gasteiger partial charge in [-0.25, -0.2) is 19.1 Å². The lowest BCUT2D eigenvalue weighted by Crippen LogP contribution is -2.43. The lowest BCUT2D eigenvalue weighted by atomic mass is 10.1. The number of benzene rings is 1. The van der Waals surface area contributed by atoms with E-state index >= 15 is 0 Å². The fourth-order valence-corrected chi connectivity index (χ4v) is 5.31. The van der Waals surface area contributed by atoms with E-state index in [1.165, 1.54) is 36.1 Å². The van der Waals surface area contributed by atoms with Gasteiger partial charge in [-0.1, -0.05) is 29.8 Å². The average molecular weight is 738 g/mol. The Hall–Kier alpha value is -4.55. The summed E-state index contributed by atoms with van der Waals surface area (Å²) in [6, 6.07) is 6.23. The number of carbonyl (C=O) groups excluding carboxylic acids is 2. The van der Waals surface area contributed by atoms with E-state index in [9.17, 15) is 27.6 Å². The number of rotatable bonds is 15. The molecule has 0 saturated heterocycles. The molecule has 0 N–H and O–H groups in total. The van der Waals surface area contributed by atoms with Crippen molar-refractivity contribution in [1.29, 1.82) is 0 Å². The van der Waals surface area contributed by atoms with Crippen LogP contribution in [-0.4, -0.2) is 81.5 Å². The number of nitrogens with zero attached hydrogens (tertiary/aromatic N) is 5. The Morgan fingerprint density at radius 1 is 0.902 bits per heavy atom. The lowest BCUT2D eigenvalue weighted by Gasteiger charge is -2.28. The predicted molar refractivity (Wildman–Crippen MR) is 182 cm³/mol. The summed E-state index contributed by atoms with van der Waals surface area (Å²) < 4.78 is 60.7. The molecular formula is C33H47N5O12S. The van der Waals surface area contributed by atoms with Crippen LogP contribution in [0.2, 0.25) is 0 Å². The Balaban J connectivity index is 1.74. The Morgan fingerprint density at radius 2 is 1.53 bits per heavy atom. The molecule has 3 aromatic rings. The van der Waals surface area contributed by atoms with E-state index in [4.69, 9.17) is 27.9 Å². The standard InChI is InChI=1S/C33H47N5O12S/c1-10-26(48-31(42)50-33(7,8)9)27(20-45-30(41)49-32(4,5)6)46-21-36-17-23(3)28(39)38(29(36)40)19-24-18-37(35-34-24)15-16-47-51(43,44)25-13-11-22(2)12-14-25/h11-14,17-18,26-27H,10,15-16,19-21H2,1-9H3/t26-,27?/m0/s1. The molecule has 0 radical (unpaired) electrons. The molecular weight excluding hydrogens is 690 g/mol. The summed E-state index contributed by atoms with van der Waals surface area (Å²) in [4.78, 5) is 51.4. The third-order valence-corrected chi connectivity index (χ3v) is 8.15. The summed E-state index contributed by atoms with van der Waals surface area (Å²) in [6.45, 7) is 13.8. The van der Waals surface area contributed by atoms with Gasteiger partial charge in [-0.15, -0.1) is 5.10 Å². The maximum atomic E-state index is 13.5. The molecule has 3 rings (SSSR count). The molecule has 18 heteroatoms. The predicted octanol–water partition coefficient (Wildman–Crippen LogP) is 3.70. The van der Waals surface area contributed by atoms with Crippen molar-refractivity contribution >= 4 is 22.4 Å². The van der Waals surface area contributed by atoms with Crippen molar-refractivity contribution in [1.82, 2.24) is 24.1 Å². The van der Waals surface area contributed by atoms with E-state index in [1.807, 2.05) is 6.92 Å². The second kappa shape index (κ2) is 17.1. The van der Waals surface area contributed by atoms with Gasteiger partial charge >= 0.3 is 18.0 Å². The number of carbonyl (C=O) groups is 2. The minimum Gasteiger partial charge on any atom is -0.431 e. The van der Waals surface area contributed by atoms with Crippen LogP contribution in [0.1, 0.15) is 71.7 Å². The van der Waals surface area contributed by atoms with Crippen LogP contribution in [0.15, 0.2) is 51.1 Å². The van der Waals surface area contributed by atoms with Crippen molar-refractivity contribution in [3.05, 3.63) is 74.3 Å². The van der Waals surface area contributed by atoms with Crippen molar-refractivity contribution in [2.45, 2.75) is 117 Å². The van der Waals surface area contributed by atoms with Crippen molar-refractivity contribution in [2.24, 2.45) is 0 Å². The molecule has 0 aliphatic heterocycles. The SMILES string of the molecule is CC[C@H](OC(=O)OC(C)(C)C)C(COC(=O)OC(C)(C)C)OCn1cc(C)c(=O)n(Cc2cn(CCOS(=O)(=O)c3ccc(C)cc3)nn2)c1=O. The van der Waals surface area contributed by atoms with Crippen molar-refractivity contribution in [2.75, 3.05) is 13.2 Å². The number of ether oxygens (including phenoxy) is 5. The highest BCUT2D eigenvalue weighted by Crippen LogP contribution is 2.17. The molecule has 1 unspecified atom stereocenters. The van der Waals surface area contributed by atoms with E-state index in [2.05, 4.69) is 10.3 Å². The highest BCUT2D eigenvalue weighted by molar-refractivity contribution is 7.86. The summed E-state index contributed by atoms with van der Waals surface area (Å²) in [5.74, 6) is 0. The second-order valence-electron chi connectivity index (χ2n) is 13.7. The molecule has 0 aliphatic rings. The molecule has 282 valence electrons. The zero-order valence-electron chi connectivity index (χ0n) is 30.4. The van der Waals surface area contributed by atoms with Crippen LogP contribution in [0.5, 0.6) is 0 Å². The van der Waals surface area contributed by atoms with Crippen LogP contribution in [0.3, 0.4) is 0 Å². The minimum atomic E-state index is -3.98. The number of aromatic nitrogens is 5. The van der Waals surface area contributed by atoms with Gasteiger partial charge in [-0.05, 0) is 73.9 Å². The van der Waals surface area contributed by atoms with Crippen LogP contribution in [0.25, 0.3) is 0 Å². The largest absolute Gasteiger partial charge is 0.509 e. The number of hydrogen-bond donors (Lipinski definition) is 0. The zero-order chi connectivity index (χ0) is 38.1. The summed E-state index contributed by atoms with van der Waals surface area (Å²) in [5, 5.41) is 7.96. The third kappa shape index (κ3) is 12.9. The number of hydrogen-bond acceptors (Lipinski definition) is 14. The van der Waals surface area contributed by atoms with Gasteiger partial charge in [0.15, 0.2) is 0 Å². The third-order valence-electron chi connectivity index (χ3n) is 6.82. The topological polar surface area (TPSA) is 198 Å². The van der Waals surface area contributed by atoms with Gasteiger partial charge in [0.2, 0.25) is 0 Å². The number of aryl methyl sites for hydroxylation is 2. The second-order valence-corrected chi connectivity index (χ2v) is 15.3. The molecule has 0 aliphatic carbocycles. The van der Waals surface area contributed by atoms with Gasteiger partial charge in [-0.2, -0.15) is 8.42 Å². The van der Waals surface area contributed by atoms with Gasteiger partial charge in [0.1, 0.15) is 42.4 Å². The smallest absolute Gasteiger partial charge is 0.431 e. The maximum absolute atomic E-state index is 13.5. The summed E-state index contributed by atoms with van der Waals surface area (Å²) in [7, 11) is -3.98. The Labute approximate surface area is 296 Å². The van der Waals surface area contributed by atoms with Crippen molar-refractivity contribution in [3.8, 4) is 0 Å². The van der Waals surface area contributed by atoms with Gasteiger partial charge in [0.25, 0.3) is 15.7 Å². The van der Waals surface area contributed by atoms with Crippen LogP contribution in [0.4, 0.5) is 9.59 Å². The van der Waals surface area contributed by atoms with E-state index in [0.717, 1.165) is 14.7 Å². The van der Waals surface area contributed by atoms with Gasteiger partial charge in [0, 0.05) is 11.8 Å². The fourth-order valence-electron chi connectivity index (χ4n) is 4.41. The van der Waals surface area contributed by atoms with Crippen LogP contribution in [-0.2, 0) is 57.8 Å². The molecule has 0 amide bonds. The highest BCUT2D eigenvalue weighted by atomic mass is 32.2. The van der Waals surface area contributed by atoms with Crippen molar-refractivity contribution in [3.63, 3.8) is 0 Å². The first-order valence-corrected chi connectivity index (χ1v) is 17.6. The first-order valence-electron chi connectivity index (χ1n) is 16.2. The van der Waals surface area contributed by atoms with Crippen LogP contribution < -0.4 is 11.2 Å². The molecule has 0 spiro atoms. The first kappa shape index (κ1) is 40.9. The molecule has 2 atom stereocenters. The minimum absolute atomic E-state index is 0.0223. The molecule has 0 bridgehead atoms. The lowest BCUT2D eigenvalue weighted by molar-refractivity contribution is -0.118. The summed E-state index contributed by atoms with van der Waals surface area (Å²) >= 11 is 0. The summed E-state index contributed by atoms with van der Waals surface area (Å²) in [5.41, 5.74) is -1.64.